The lowest BCUT2D eigenvalue weighted by atomic mass is 10.0. The minimum Gasteiger partial charge on any atom is -0.207 e. The Bertz CT molecular complexity index is 587. The molecule has 94 valence electrons. The van der Waals surface area contributed by atoms with Gasteiger partial charge in [-0.25, -0.2) is 8.78 Å². The molecule has 2 aromatic carbocycles. The predicted octanol–water partition coefficient (Wildman–Crippen LogP) is 5.82. The summed E-state index contributed by atoms with van der Waals surface area (Å²) in [5, 5.41) is -0.683. The Hall–Kier alpha value is -0.450. The van der Waals surface area contributed by atoms with Crippen molar-refractivity contribution in [3.63, 3.8) is 0 Å². The van der Waals surface area contributed by atoms with Gasteiger partial charge in [0.25, 0.3) is 0 Å². The van der Waals surface area contributed by atoms with Gasteiger partial charge in [-0.05, 0) is 29.8 Å². The van der Waals surface area contributed by atoms with Gasteiger partial charge in [0, 0.05) is 20.6 Å². The molecular weight excluding hydrogens is 389 g/mol. The molecule has 0 saturated carbocycles. The first-order valence-corrected chi connectivity index (χ1v) is 7.05. The molecule has 0 aliphatic rings. The molecule has 0 amide bonds. The summed E-state index contributed by atoms with van der Waals surface area (Å²) in [6.07, 6.45) is 0. The third kappa shape index (κ3) is 2.92. The molecular formula is C13H7Br2ClF2. The fourth-order valence-electron chi connectivity index (χ4n) is 1.58. The van der Waals surface area contributed by atoms with E-state index in [1.807, 2.05) is 12.1 Å². The van der Waals surface area contributed by atoms with Crippen molar-refractivity contribution < 1.29 is 8.78 Å². The molecule has 0 bridgehead atoms. The largest absolute Gasteiger partial charge is 0.207 e. The molecule has 0 aromatic heterocycles. The Morgan fingerprint density at radius 3 is 2.33 bits per heavy atom. The van der Waals surface area contributed by atoms with E-state index in [1.165, 1.54) is 12.1 Å². The van der Waals surface area contributed by atoms with E-state index < -0.39 is 17.0 Å². The molecule has 0 saturated heterocycles. The molecule has 0 N–H and O–H groups in total. The fraction of sp³-hybridized carbons (Fsp3) is 0.0769. The van der Waals surface area contributed by atoms with E-state index in [4.69, 9.17) is 11.6 Å². The second-order valence-corrected chi connectivity index (χ2v) is 5.90. The summed E-state index contributed by atoms with van der Waals surface area (Å²) in [5.41, 5.74) is 0.966. The third-order valence-electron chi connectivity index (χ3n) is 2.47. The zero-order valence-electron chi connectivity index (χ0n) is 8.93. The van der Waals surface area contributed by atoms with Crippen molar-refractivity contribution in [1.82, 2.24) is 0 Å². The molecule has 5 heteroatoms. The maximum atomic E-state index is 13.7. The molecule has 0 fully saturated rings. The van der Waals surface area contributed by atoms with E-state index >= 15 is 0 Å². The zero-order valence-corrected chi connectivity index (χ0v) is 12.9. The Labute approximate surface area is 125 Å². The lowest BCUT2D eigenvalue weighted by molar-refractivity contribution is 0.573. The highest BCUT2D eigenvalue weighted by Gasteiger charge is 2.18. The molecule has 0 spiro atoms. The Kier molecular flexibility index (Phi) is 4.41. The van der Waals surface area contributed by atoms with Crippen LogP contribution in [0.3, 0.4) is 0 Å². The average Bonchev–Trinajstić information content (AvgIpc) is 2.31. The smallest absolute Gasteiger partial charge is 0.131 e. The summed E-state index contributed by atoms with van der Waals surface area (Å²) in [4.78, 5) is 0. The molecule has 2 aromatic rings. The summed E-state index contributed by atoms with van der Waals surface area (Å²) in [6.45, 7) is 0. The molecule has 0 heterocycles. The van der Waals surface area contributed by atoms with Crippen LogP contribution in [0.25, 0.3) is 0 Å². The molecule has 2 rings (SSSR count). The molecule has 0 aliphatic carbocycles. The minimum atomic E-state index is -0.683. The maximum Gasteiger partial charge on any atom is 0.131 e. The number of alkyl halides is 1. The zero-order chi connectivity index (χ0) is 13.3. The van der Waals surface area contributed by atoms with Crippen LogP contribution in [0, 0.1) is 11.6 Å². The van der Waals surface area contributed by atoms with E-state index in [-0.39, 0.29) is 5.56 Å². The van der Waals surface area contributed by atoms with Crippen LogP contribution in [0.2, 0.25) is 0 Å². The summed E-state index contributed by atoms with van der Waals surface area (Å²) in [7, 11) is 0. The molecule has 0 aliphatic heterocycles. The van der Waals surface area contributed by atoms with Gasteiger partial charge in [-0.1, -0.05) is 37.9 Å². The van der Waals surface area contributed by atoms with E-state index in [1.54, 1.807) is 6.07 Å². The van der Waals surface area contributed by atoms with Gasteiger partial charge in [0.1, 0.15) is 11.6 Å². The van der Waals surface area contributed by atoms with E-state index in [2.05, 4.69) is 31.9 Å². The third-order valence-corrected chi connectivity index (χ3v) is 4.15. The predicted molar refractivity (Wildman–Crippen MR) is 75.9 cm³/mol. The standard InChI is InChI=1S/C13H7Br2ClF2/c14-7-1-4-11(15)10(5-7)13(16)9-3-2-8(17)6-12(9)18/h1-6,13H. The van der Waals surface area contributed by atoms with Gasteiger partial charge in [-0.2, -0.15) is 0 Å². The first kappa shape index (κ1) is 14.0. The molecule has 1 atom stereocenters. The lowest BCUT2D eigenvalue weighted by Crippen LogP contribution is -1.99. The number of benzene rings is 2. The fourth-order valence-corrected chi connectivity index (χ4v) is 2.93. The van der Waals surface area contributed by atoms with Gasteiger partial charge in [0.2, 0.25) is 0 Å². The van der Waals surface area contributed by atoms with Gasteiger partial charge in [0.05, 0.1) is 5.38 Å². The topological polar surface area (TPSA) is 0 Å². The van der Waals surface area contributed by atoms with E-state index in [9.17, 15) is 8.78 Å². The monoisotopic (exact) mass is 394 g/mol. The van der Waals surface area contributed by atoms with Crippen LogP contribution in [0.4, 0.5) is 8.78 Å². The highest BCUT2D eigenvalue weighted by molar-refractivity contribution is 9.11. The summed E-state index contributed by atoms with van der Waals surface area (Å²) in [6, 6.07) is 8.84. The Morgan fingerprint density at radius 2 is 1.67 bits per heavy atom. The first-order valence-electron chi connectivity index (χ1n) is 5.03. The second kappa shape index (κ2) is 5.68. The SMILES string of the molecule is Fc1ccc(C(Cl)c2cc(Br)ccc2Br)c(F)c1. The molecule has 1 unspecified atom stereocenters. The van der Waals surface area contributed by atoms with Crippen LogP contribution in [-0.4, -0.2) is 0 Å². The van der Waals surface area contributed by atoms with Crippen LogP contribution in [0.15, 0.2) is 45.3 Å². The second-order valence-electron chi connectivity index (χ2n) is 3.69. The highest BCUT2D eigenvalue weighted by atomic mass is 79.9. The average molecular weight is 396 g/mol. The summed E-state index contributed by atoms with van der Waals surface area (Å²) < 4.78 is 28.1. The van der Waals surface area contributed by atoms with Crippen LogP contribution in [0.1, 0.15) is 16.5 Å². The highest BCUT2D eigenvalue weighted by Crippen LogP contribution is 2.36. The normalized spacial score (nSPS) is 12.5. The van der Waals surface area contributed by atoms with Crippen molar-refractivity contribution in [3.05, 3.63) is 68.1 Å². The van der Waals surface area contributed by atoms with Gasteiger partial charge in [-0.15, -0.1) is 11.6 Å². The van der Waals surface area contributed by atoms with E-state index in [0.717, 1.165) is 20.6 Å². The van der Waals surface area contributed by atoms with Crippen LogP contribution >= 0.6 is 43.5 Å². The van der Waals surface area contributed by atoms with Crippen molar-refractivity contribution in [2.24, 2.45) is 0 Å². The molecule has 0 nitrogen and oxygen atoms in total. The lowest BCUT2D eigenvalue weighted by Gasteiger charge is -2.13. The van der Waals surface area contributed by atoms with Crippen LogP contribution < -0.4 is 0 Å². The Morgan fingerprint density at radius 1 is 0.944 bits per heavy atom. The van der Waals surface area contributed by atoms with E-state index in [0.29, 0.717) is 0 Å². The maximum absolute atomic E-state index is 13.7. The van der Waals surface area contributed by atoms with Crippen molar-refractivity contribution in [3.8, 4) is 0 Å². The van der Waals surface area contributed by atoms with Gasteiger partial charge < -0.3 is 0 Å². The first-order chi connectivity index (χ1) is 8.49. The van der Waals surface area contributed by atoms with Gasteiger partial charge in [0.15, 0.2) is 0 Å². The van der Waals surface area contributed by atoms with Crippen molar-refractivity contribution in [2.75, 3.05) is 0 Å². The summed E-state index contributed by atoms with van der Waals surface area (Å²) >= 11 is 13.0. The Balaban J connectivity index is 2.47. The quantitative estimate of drug-likeness (QED) is 0.561. The molecule has 0 radical (unpaired) electrons. The van der Waals surface area contributed by atoms with Crippen molar-refractivity contribution in [1.29, 1.82) is 0 Å². The van der Waals surface area contributed by atoms with Gasteiger partial charge >= 0.3 is 0 Å². The number of hydrogen-bond acceptors (Lipinski definition) is 0. The summed E-state index contributed by atoms with van der Waals surface area (Å²) in [5.74, 6) is -1.27. The van der Waals surface area contributed by atoms with Crippen LogP contribution in [0.5, 0.6) is 0 Å². The van der Waals surface area contributed by atoms with Crippen molar-refractivity contribution in [2.45, 2.75) is 5.38 Å². The number of halogens is 5. The number of hydrogen-bond donors (Lipinski definition) is 0. The van der Waals surface area contributed by atoms with Crippen molar-refractivity contribution >= 4 is 43.5 Å². The molecule has 18 heavy (non-hydrogen) atoms. The van der Waals surface area contributed by atoms with Crippen LogP contribution in [-0.2, 0) is 0 Å². The van der Waals surface area contributed by atoms with Gasteiger partial charge in [-0.3, -0.25) is 0 Å². The minimum absolute atomic E-state index is 0.247. The number of rotatable bonds is 2.